The summed E-state index contributed by atoms with van der Waals surface area (Å²) in [5.41, 5.74) is 1.98. The van der Waals surface area contributed by atoms with Crippen molar-refractivity contribution >= 4 is 31.0 Å². The molecule has 0 radical (unpaired) electrons. The molecule has 1 N–H and O–H groups in total. The van der Waals surface area contributed by atoms with Crippen molar-refractivity contribution in [1.82, 2.24) is 24.3 Å². The first-order valence-corrected chi connectivity index (χ1v) is 16.6. The Hall–Kier alpha value is -2.98. The molecule has 2 aliphatic rings. The van der Waals surface area contributed by atoms with Crippen molar-refractivity contribution in [3.05, 3.63) is 24.2 Å². The van der Waals surface area contributed by atoms with Gasteiger partial charge in [-0.2, -0.15) is 10.2 Å². The molecule has 2 saturated heterocycles. The van der Waals surface area contributed by atoms with Crippen molar-refractivity contribution in [2.24, 2.45) is 5.92 Å². The molecule has 12 heteroatoms. The van der Waals surface area contributed by atoms with Gasteiger partial charge in [-0.15, -0.1) is 5.10 Å². The van der Waals surface area contributed by atoms with Gasteiger partial charge in [0.15, 0.2) is 8.32 Å². The molecule has 11 nitrogen and oxygen atoms in total. The van der Waals surface area contributed by atoms with Gasteiger partial charge in [-0.1, -0.05) is 27.7 Å². The molecular weight excluding hydrogens is 514 g/mol. The molecule has 0 aromatic carbocycles. The van der Waals surface area contributed by atoms with Crippen molar-refractivity contribution in [3.63, 3.8) is 0 Å². The Morgan fingerprint density at radius 3 is 2.69 bits per heavy atom. The molecule has 3 aromatic rings. The van der Waals surface area contributed by atoms with Gasteiger partial charge in [0.05, 0.1) is 39.2 Å². The first kappa shape index (κ1) is 27.6. The number of anilines is 2. The average Bonchev–Trinajstić information content (AvgIpc) is 3.41. The van der Waals surface area contributed by atoms with Gasteiger partial charge >= 0.3 is 0 Å². The average molecular weight is 554 g/mol. The number of aromatic nitrogens is 5. The van der Waals surface area contributed by atoms with Gasteiger partial charge in [0.2, 0.25) is 5.95 Å². The summed E-state index contributed by atoms with van der Waals surface area (Å²) < 4.78 is 27.3. The van der Waals surface area contributed by atoms with Crippen molar-refractivity contribution in [2.45, 2.75) is 70.9 Å². The fourth-order valence-corrected chi connectivity index (χ4v) is 5.64. The molecule has 2 aliphatic heterocycles. The third-order valence-electron chi connectivity index (χ3n) is 8.07. The second-order valence-electron chi connectivity index (χ2n) is 12.0. The lowest BCUT2D eigenvalue weighted by molar-refractivity contribution is -0.0812. The minimum atomic E-state index is -1.86. The van der Waals surface area contributed by atoms with Crippen LogP contribution in [0, 0.1) is 17.2 Å². The summed E-state index contributed by atoms with van der Waals surface area (Å²) in [5.74, 6) is 1.16. The van der Waals surface area contributed by atoms with Crippen LogP contribution in [-0.2, 0) is 20.4 Å². The first-order valence-electron chi connectivity index (χ1n) is 13.6. The Labute approximate surface area is 230 Å². The summed E-state index contributed by atoms with van der Waals surface area (Å²) in [5, 5.41) is 18.8. The van der Waals surface area contributed by atoms with Gasteiger partial charge < -0.3 is 28.5 Å². The summed E-state index contributed by atoms with van der Waals surface area (Å²) in [4.78, 5) is 9.38. The van der Waals surface area contributed by atoms with Crippen LogP contribution in [0.5, 0.6) is 5.88 Å². The van der Waals surface area contributed by atoms with E-state index < -0.39 is 8.32 Å². The van der Waals surface area contributed by atoms with E-state index in [2.05, 4.69) is 62.3 Å². The van der Waals surface area contributed by atoms with Gasteiger partial charge in [0, 0.05) is 30.1 Å². The minimum absolute atomic E-state index is 0.0359. The van der Waals surface area contributed by atoms with Crippen LogP contribution in [0.15, 0.2) is 18.5 Å². The molecule has 0 amide bonds. The predicted octanol–water partition coefficient (Wildman–Crippen LogP) is 4.64. The molecule has 2 fully saturated rings. The van der Waals surface area contributed by atoms with E-state index in [-0.39, 0.29) is 23.1 Å². The number of fused-ring (bicyclic) bond motifs is 1. The van der Waals surface area contributed by atoms with Crippen LogP contribution in [0.4, 0.5) is 11.6 Å². The molecule has 3 aromatic heterocycles. The zero-order chi connectivity index (χ0) is 27.8. The van der Waals surface area contributed by atoms with Crippen LogP contribution < -0.4 is 10.1 Å². The second-order valence-corrected chi connectivity index (χ2v) is 16.8. The molecule has 5 rings (SSSR count). The van der Waals surface area contributed by atoms with Crippen LogP contribution in [0.25, 0.3) is 11.0 Å². The van der Waals surface area contributed by atoms with E-state index in [9.17, 15) is 5.26 Å². The van der Waals surface area contributed by atoms with Crippen LogP contribution in [0.3, 0.4) is 0 Å². The molecule has 0 aliphatic carbocycles. The molecule has 0 saturated carbocycles. The Balaban J connectivity index is 1.39. The van der Waals surface area contributed by atoms with Gasteiger partial charge in [0.25, 0.3) is 5.88 Å². The molecule has 2 atom stereocenters. The summed E-state index contributed by atoms with van der Waals surface area (Å²) >= 11 is 0. The Kier molecular flexibility index (Phi) is 7.70. The van der Waals surface area contributed by atoms with Crippen LogP contribution in [0.2, 0.25) is 18.1 Å². The van der Waals surface area contributed by atoms with Crippen molar-refractivity contribution in [3.8, 4) is 11.9 Å². The maximum absolute atomic E-state index is 9.85. The van der Waals surface area contributed by atoms with E-state index in [1.54, 1.807) is 6.20 Å². The van der Waals surface area contributed by atoms with E-state index in [1.807, 2.05) is 21.5 Å². The third-order valence-corrected chi connectivity index (χ3v) is 12.6. The van der Waals surface area contributed by atoms with E-state index >= 15 is 0 Å². The quantitative estimate of drug-likeness (QED) is 0.378. The van der Waals surface area contributed by atoms with Crippen molar-refractivity contribution < 1.29 is 18.6 Å². The highest BCUT2D eigenvalue weighted by atomic mass is 28.4. The summed E-state index contributed by atoms with van der Waals surface area (Å²) in [6.45, 7) is 16.9. The summed E-state index contributed by atoms with van der Waals surface area (Å²) in [6.07, 6.45) is 4.45. The highest BCUT2D eigenvalue weighted by Crippen LogP contribution is 2.37. The highest BCUT2D eigenvalue weighted by Gasteiger charge is 2.37. The van der Waals surface area contributed by atoms with E-state index in [0.717, 1.165) is 17.5 Å². The Morgan fingerprint density at radius 2 is 2.03 bits per heavy atom. The van der Waals surface area contributed by atoms with Crippen LogP contribution in [-0.4, -0.2) is 71.8 Å². The van der Waals surface area contributed by atoms with E-state index in [0.29, 0.717) is 62.8 Å². The SMILES string of the molecule is C[C@@H]1COCC[C@H]1n1c(C#N)cc2cnc(Nc3cn(CCO[Si](C)(C)C(C)(C)C)nc3OC3COC3)nc21. The fraction of sp³-hybridized carbons (Fsp3) is 0.630. The first-order chi connectivity index (χ1) is 18.6. The highest BCUT2D eigenvalue weighted by molar-refractivity contribution is 6.74. The molecule has 39 heavy (non-hydrogen) atoms. The Bertz CT molecular complexity index is 1350. The van der Waals surface area contributed by atoms with Crippen molar-refractivity contribution in [1.29, 1.82) is 5.26 Å². The van der Waals surface area contributed by atoms with E-state index in [4.69, 9.17) is 23.6 Å². The fourth-order valence-electron chi connectivity index (χ4n) is 4.60. The molecule has 0 spiro atoms. The minimum Gasteiger partial charge on any atom is -0.467 e. The molecule has 0 unspecified atom stereocenters. The van der Waals surface area contributed by atoms with Gasteiger partial charge in [-0.05, 0) is 30.6 Å². The number of nitrogens with one attached hydrogen (secondary N) is 1. The largest absolute Gasteiger partial charge is 0.467 e. The lowest BCUT2D eigenvalue weighted by Crippen LogP contribution is -2.41. The molecule has 5 heterocycles. The number of nitrogens with zero attached hydrogens (tertiary/aromatic N) is 6. The zero-order valence-electron chi connectivity index (χ0n) is 23.7. The molecule has 0 bridgehead atoms. The number of nitriles is 1. The number of hydrogen-bond donors (Lipinski definition) is 1. The maximum Gasteiger partial charge on any atom is 0.257 e. The van der Waals surface area contributed by atoms with Gasteiger partial charge in [-0.25, -0.2) is 4.98 Å². The van der Waals surface area contributed by atoms with Gasteiger partial charge in [-0.3, -0.25) is 4.68 Å². The zero-order valence-corrected chi connectivity index (χ0v) is 24.7. The number of hydrogen-bond acceptors (Lipinski definition) is 9. The Morgan fingerprint density at radius 1 is 1.23 bits per heavy atom. The second kappa shape index (κ2) is 10.9. The van der Waals surface area contributed by atoms with Gasteiger partial charge in [0.1, 0.15) is 29.2 Å². The normalized spacial score (nSPS) is 20.5. The standard InChI is InChI=1S/C27H39N7O4Si/c1-18-15-35-9-7-23(18)34-20(12-28)11-19-13-29-26(31-24(19)34)30-22-14-33(32-25(22)38-21-16-36-17-21)8-10-37-39(5,6)27(2,3)4/h11,13-14,18,21,23H,7-10,15-17H2,1-6H3,(H,29,30,31)/t18-,23-/m1/s1. The molecule has 210 valence electrons. The number of rotatable bonds is 9. The topological polar surface area (TPSA) is 121 Å². The van der Waals surface area contributed by atoms with Crippen LogP contribution in [0.1, 0.15) is 45.9 Å². The lowest BCUT2D eigenvalue weighted by atomic mass is 9.97. The molecular formula is C27H39N7O4Si. The predicted molar refractivity (Wildman–Crippen MR) is 150 cm³/mol. The third kappa shape index (κ3) is 5.82. The summed E-state index contributed by atoms with van der Waals surface area (Å²) in [7, 11) is -1.86. The van der Waals surface area contributed by atoms with Crippen LogP contribution >= 0.6 is 0 Å². The van der Waals surface area contributed by atoms with Crippen molar-refractivity contribution in [2.75, 3.05) is 38.4 Å². The maximum atomic E-state index is 9.85. The summed E-state index contributed by atoms with van der Waals surface area (Å²) in [6, 6.07) is 4.33. The smallest absolute Gasteiger partial charge is 0.257 e. The lowest BCUT2D eigenvalue weighted by Gasteiger charge is -2.36. The monoisotopic (exact) mass is 553 g/mol. The van der Waals surface area contributed by atoms with E-state index in [1.165, 1.54) is 0 Å². The number of ether oxygens (including phenoxy) is 3.